The smallest absolute Gasteiger partial charge is 0.303 e. The first kappa shape index (κ1) is 16.0. The van der Waals surface area contributed by atoms with Crippen LogP contribution in [-0.2, 0) is 11.2 Å². The van der Waals surface area contributed by atoms with Gasteiger partial charge in [0.15, 0.2) is 5.13 Å². The van der Waals surface area contributed by atoms with Crippen LogP contribution in [0.2, 0.25) is 0 Å². The van der Waals surface area contributed by atoms with Gasteiger partial charge in [0.2, 0.25) is 0 Å². The normalized spacial score (nSPS) is 10.9. The molecule has 0 unspecified atom stereocenters. The van der Waals surface area contributed by atoms with Crippen LogP contribution in [0.1, 0.15) is 52.1 Å². The van der Waals surface area contributed by atoms with Crippen molar-refractivity contribution in [2.24, 2.45) is 0 Å². The molecule has 0 spiro atoms. The van der Waals surface area contributed by atoms with Gasteiger partial charge >= 0.3 is 5.97 Å². The topological polar surface area (TPSA) is 53.4 Å². The summed E-state index contributed by atoms with van der Waals surface area (Å²) < 4.78 is 0. The zero-order valence-electron chi connectivity index (χ0n) is 12.1. The fourth-order valence-corrected chi connectivity index (χ4v) is 2.90. The van der Waals surface area contributed by atoms with Crippen LogP contribution in [0.3, 0.4) is 0 Å². The quantitative estimate of drug-likeness (QED) is 0.704. The Labute approximate surface area is 119 Å². The molecular formula is C14H24N2O2S. The van der Waals surface area contributed by atoms with Crippen molar-refractivity contribution in [2.45, 2.75) is 58.9 Å². The minimum atomic E-state index is -0.766. The molecule has 0 aliphatic heterocycles. The molecule has 0 aliphatic rings. The molecule has 1 N–H and O–H groups in total. The highest BCUT2D eigenvalue weighted by atomic mass is 32.1. The van der Waals surface area contributed by atoms with Crippen LogP contribution in [0.15, 0.2) is 5.38 Å². The van der Waals surface area contributed by atoms with Crippen LogP contribution in [0.25, 0.3) is 0 Å². The van der Waals surface area contributed by atoms with Gasteiger partial charge in [-0.25, -0.2) is 4.98 Å². The Bertz CT molecular complexity index is 391. The van der Waals surface area contributed by atoms with E-state index in [1.807, 2.05) is 5.38 Å². The largest absolute Gasteiger partial charge is 0.481 e. The van der Waals surface area contributed by atoms with Crippen molar-refractivity contribution in [3.8, 4) is 0 Å². The third-order valence-corrected chi connectivity index (χ3v) is 3.93. The average Bonchev–Trinajstić information content (AvgIpc) is 2.80. The maximum absolute atomic E-state index is 10.6. The second-order valence-corrected chi connectivity index (χ2v) is 5.85. The van der Waals surface area contributed by atoms with Crippen molar-refractivity contribution in [3.63, 3.8) is 0 Å². The van der Waals surface area contributed by atoms with E-state index in [1.165, 1.54) is 19.3 Å². The summed E-state index contributed by atoms with van der Waals surface area (Å²) in [4.78, 5) is 17.4. The van der Waals surface area contributed by atoms with Crippen molar-refractivity contribution in [3.05, 3.63) is 11.1 Å². The molecular weight excluding hydrogens is 260 g/mol. The molecule has 0 aromatic carbocycles. The molecule has 1 heterocycles. The van der Waals surface area contributed by atoms with Gasteiger partial charge in [0.05, 0.1) is 12.1 Å². The van der Waals surface area contributed by atoms with Gasteiger partial charge in [0.25, 0.3) is 0 Å². The summed E-state index contributed by atoms with van der Waals surface area (Å²) >= 11 is 1.62. The Balaban J connectivity index is 2.61. The second kappa shape index (κ2) is 8.15. The number of carboxylic acid groups (broad SMARTS) is 1. The Hall–Kier alpha value is -1.10. The number of aliphatic carboxylic acids is 1. The fourth-order valence-electron chi connectivity index (χ4n) is 1.88. The summed E-state index contributed by atoms with van der Waals surface area (Å²) in [5.41, 5.74) is 0.892. The minimum Gasteiger partial charge on any atom is -0.481 e. The first-order chi connectivity index (χ1) is 9.04. The third-order valence-electron chi connectivity index (χ3n) is 3.01. The van der Waals surface area contributed by atoms with Crippen LogP contribution < -0.4 is 4.90 Å². The van der Waals surface area contributed by atoms with E-state index in [2.05, 4.69) is 30.7 Å². The van der Waals surface area contributed by atoms with Gasteiger partial charge in [-0.05, 0) is 20.3 Å². The highest BCUT2D eigenvalue weighted by Gasteiger charge is 2.14. The van der Waals surface area contributed by atoms with Crippen molar-refractivity contribution < 1.29 is 9.90 Å². The molecule has 5 heteroatoms. The van der Waals surface area contributed by atoms with E-state index >= 15 is 0 Å². The highest BCUT2D eigenvalue weighted by molar-refractivity contribution is 7.13. The standard InChI is InChI=1S/C14H24N2O2S/c1-4-5-6-9-16(11(2)3)14-15-12(10-19-14)7-8-13(17)18/h10-11H,4-9H2,1-3H3,(H,17,18). The van der Waals surface area contributed by atoms with Gasteiger partial charge in [-0.15, -0.1) is 11.3 Å². The van der Waals surface area contributed by atoms with Crippen LogP contribution in [0.4, 0.5) is 5.13 Å². The first-order valence-electron chi connectivity index (χ1n) is 6.97. The van der Waals surface area contributed by atoms with Crippen LogP contribution in [0, 0.1) is 0 Å². The molecule has 4 nitrogen and oxygen atoms in total. The molecule has 1 rings (SSSR count). The summed E-state index contributed by atoms with van der Waals surface area (Å²) in [6.45, 7) is 7.57. The Morgan fingerprint density at radius 3 is 2.79 bits per heavy atom. The summed E-state index contributed by atoms with van der Waals surface area (Å²) in [6.07, 6.45) is 4.31. The number of aryl methyl sites for hydroxylation is 1. The molecule has 0 saturated heterocycles. The lowest BCUT2D eigenvalue weighted by atomic mass is 10.2. The van der Waals surface area contributed by atoms with E-state index in [0.29, 0.717) is 12.5 Å². The Morgan fingerprint density at radius 2 is 2.21 bits per heavy atom. The molecule has 0 bridgehead atoms. The molecule has 19 heavy (non-hydrogen) atoms. The second-order valence-electron chi connectivity index (χ2n) is 5.01. The lowest BCUT2D eigenvalue weighted by molar-refractivity contribution is -0.136. The van der Waals surface area contributed by atoms with E-state index in [-0.39, 0.29) is 6.42 Å². The molecule has 1 aromatic heterocycles. The molecule has 0 amide bonds. The van der Waals surface area contributed by atoms with E-state index in [4.69, 9.17) is 5.11 Å². The van der Waals surface area contributed by atoms with Gasteiger partial charge < -0.3 is 10.0 Å². The highest BCUT2D eigenvalue weighted by Crippen LogP contribution is 2.23. The summed E-state index contributed by atoms with van der Waals surface area (Å²) in [7, 11) is 0. The molecule has 1 aromatic rings. The number of hydrogen-bond donors (Lipinski definition) is 1. The van der Waals surface area contributed by atoms with Crippen molar-refractivity contribution in [1.29, 1.82) is 0 Å². The van der Waals surface area contributed by atoms with Gasteiger partial charge in [-0.2, -0.15) is 0 Å². The monoisotopic (exact) mass is 284 g/mol. The van der Waals surface area contributed by atoms with E-state index in [0.717, 1.165) is 17.4 Å². The van der Waals surface area contributed by atoms with Crippen LogP contribution >= 0.6 is 11.3 Å². The lowest BCUT2D eigenvalue weighted by Crippen LogP contribution is -2.31. The molecule has 0 saturated carbocycles. The number of nitrogens with zero attached hydrogens (tertiary/aromatic N) is 2. The van der Waals surface area contributed by atoms with Gasteiger partial charge in [-0.3, -0.25) is 4.79 Å². The zero-order valence-corrected chi connectivity index (χ0v) is 12.9. The third kappa shape index (κ3) is 5.59. The molecule has 108 valence electrons. The number of thiazole rings is 1. The fraction of sp³-hybridized carbons (Fsp3) is 0.714. The number of rotatable bonds is 9. The SMILES string of the molecule is CCCCCN(c1nc(CCC(=O)O)cs1)C(C)C. The van der Waals surface area contributed by atoms with Gasteiger partial charge in [-0.1, -0.05) is 19.8 Å². The Morgan fingerprint density at radius 1 is 1.47 bits per heavy atom. The first-order valence-corrected chi connectivity index (χ1v) is 7.85. The number of anilines is 1. The average molecular weight is 284 g/mol. The predicted octanol–water partition coefficient (Wildman–Crippen LogP) is 3.57. The number of carboxylic acids is 1. The van der Waals surface area contributed by atoms with E-state index in [9.17, 15) is 4.79 Å². The summed E-state index contributed by atoms with van der Waals surface area (Å²) in [6, 6.07) is 0.426. The van der Waals surface area contributed by atoms with Gasteiger partial charge in [0.1, 0.15) is 0 Å². The number of unbranched alkanes of at least 4 members (excludes halogenated alkanes) is 2. The zero-order chi connectivity index (χ0) is 14.3. The number of hydrogen-bond acceptors (Lipinski definition) is 4. The summed E-state index contributed by atoms with van der Waals surface area (Å²) in [5.74, 6) is -0.766. The van der Waals surface area contributed by atoms with Crippen molar-refractivity contribution in [1.82, 2.24) is 4.98 Å². The number of carbonyl (C=O) groups is 1. The lowest BCUT2D eigenvalue weighted by Gasteiger charge is -2.26. The maximum atomic E-state index is 10.6. The van der Waals surface area contributed by atoms with Crippen LogP contribution in [-0.4, -0.2) is 28.6 Å². The van der Waals surface area contributed by atoms with E-state index < -0.39 is 5.97 Å². The van der Waals surface area contributed by atoms with Crippen molar-refractivity contribution >= 4 is 22.4 Å². The molecule has 0 radical (unpaired) electrons. The summed E-state index contributed by atoms with van der Waals surface area (Å²) in [5, 5.41) is 11.7. The van der Waals surface area contributed by atoms with Gasteiger partial charge in [0, 0.05) is 24.4 Å². The minimum absolute atomic E-state index is 0.153. The molecule has 0 atom stereocenters. The maximum Gasteiger partial charge on any atom is 0.303 e. The molecule has 0 fully saturated rings. The number of aromatic nitrogens is 1. The Kier molecular flexibility index (Phi) is 6.84. The van der Waals surface area contributed by atoms with Crippen molar-refractivity contribution in [2.75, 3.05) is 11.4 Å². The van der Waals surface area contributed by atoms with E-state index in [1.54, 1.807) is 11.3 Å². The predicted molar refractivity (Wildman–Crippen MR) is 80.1 cm³/mol. The molecule has 0 aliphatic carbocycles. The van der Waals surface area contributed by atoms with Crippen LogP contribution in [0.5, 0.6) is 0 Å².